The maximum absolute atomic E-state index is 12.4. The van der Waals surface area contributed by atoms with Gasteiger partial charge in [-0.1, -0.05) is 30.3 Å². The number of fused-ring (bicyclic) bond motifs is 1. The second kappa shape index (κ2) is 10.9. The van der Waals surface area contributed by atoms with Crippen molar-refractivity contribution in [2.75, 3.05) is 18.5 Å². The Hall–Kier alpha value is -3.43. The van der Waals surface area contributed by atoms with E-state index in [9.17, 15) is 18.0 Å². The van der Waals surface area contributed by atoms with Crippen molar-refractivity contribution in [3.05, 3.63) is 66.7 Å². The van der Waals surface area contributed by atoms with Gasteiger partial charge in [0.1, 0.15) is 5.75 Å². The van der Waals surface area contributed by atoms with Gasteiger partial charge in [0.2, 0.25) is 10.0 Å². The number of hydrogen-bond donors (Lipinski definition) is 2. The molecule has 3 aromatic carbocycles. The number of hydrogen-bond acceptors (Lipinski definition) is 6. The molecule has 0 radical (unpaired) electrons. The van der Waals surface area contributed by atoms with Crippen LogP contribution in [0.15, 0.2) is 71.6 Å². The van der Waals surface area contributed by atoms with Crippen LogP contribution in [0.1, 0.15) is 20.3 Å². The van der Waals surface area contributed by atoms with Gasteiger partial charge in [-0.3, -0.25) is 9.59 Å². The number of rotatable bonds is 10. The summed E-state index contributed by atoms with van der Waals surface area (Å²) in [6.45, 7) is 3.61. The minimum absolute atomic E-state index is 0.0578. The van der Waals surface area contributed by atoms with Crippen molar-refractivity contribution in [3.8, 4) is 5.75 Å². The van der Waals surface area contributed by atoms with Crippen LogP contribution < -0.4 is 14.8 Å². The lowest BCUT2D eigenvalue weighted by Crippen LogP contribution is -2.32. The van der Waals surface area contributed by atoms with Crippen LogP contribution in [-0.4, -0.2) is 39.5 Å². The molecular weight excluding hydrogens is 444 g/mol. The fourth-order valence-corrected chi connectivity index (χ4v) is 4.10. The molecule has 9 heteroatoms. The van der Waals surface area contributed by atoms with Crippen molar-refractivity contribution in [1.82, 2.24) is 4.72 Å². The number of ether oxygens (including phenoxy) is 2. The number of nitrogens with one attached hydrogen (secondary N) is 2. The molecule has 174 valence electrons. The Morgan fingerprint density at radius 1 is 0.970 bits per heavy atom. The molecule has 0 aliphatic carbocycles. The Balaban J connectivity index is 1.46. The Kier molecular flexibility index (Phi) is 8.02. The first kappa shape index (κ1) is 24.2. The summed E-state index contributed by atoms with van der Waals surface area (Å²) in [4.78, 5) is 24.5. The van der Waals surface area contributed by atoms with E-state index >= 15 is 0 Å². The van der Waals surface area contributed by atoms with E-state index in [4.69, 9.17) is 9.47 Å². The van der Waals surface area contributed by atoms with Gasteiger partial charge in [-0.15, -0.1) is 0 Å². The maximum Gasteiger partial charge on any atom is 0.307 e. The number of carbonyl (C=O) groups excluding carboxylic acids is 2. The molecule has 0 aliphatic heterocycles. The number of anilines is 1. The first-order valence-electron chi connectivity index (χ1n) is 10.5. The van der Waals surface area contributed by atoms with E-state index in [1.54, 1.807) is 18.2 Å². The molecule has 0 spiro atoms. The Morgan fingerprint density at radius 2 is 1.67 bits per heavy atom. The summed E-state index contributed by atoms with van der Waals surface area (Å²) >= 11 is 0. The van der Waals surface area contributed by atoms with Gasteiger partial charge < -0.3 is 14.8 Å². The summed E-state index contributed by atoms with van der Waals surface area (Å²) in [5, 5.41) is 4.73. The largest absolute Gasteiger partial charge is 0.494 e. The standard InChI is InChI=1S/C24H26N2O6S/c1-3-31-21-10-12-22(13-11-21)33(29,30)25-15-14-23(27)32-17(2)24(28)26-20-9-8-18-6-4-5-7-19(18)16-20/h4-13,16-17,25H,3,14-15H2,1-2H3,(H,26,28). The van der Waals surface area contributed by atoms with Gasteiger partial charge in [-0.05, 0) is 61.0 Å². The van der Waals surface area contributed by atoms with Gasteiger partial charge in [0.25, 0.3) is 5.91 Å². The maximum atomic E-state index is 12.4. The molecule has 0 heterocycles. The second-order valence-electron chi connectivity index (χ2n) is 7.24. The SMILES string of the molecule is CCOc1ccc(S(=O)(=O)NCCC(=O)OC(C)C(=O)Nc2ccc3ccccc3c2)cc1. The summed E-state index contributed by atoms with van der Waals surface area (Å²) in [6, 6.07) is 19.2. The highest BCUT2D eigenvalue weighted by molar-refractivity contribution is 7.89. The van der Waals surface area contributed by atoms with E-state index in [-0.39, 0.29) is 17.9 Å². The van der Waals surface area contributed by atoms with Crippen molar-refractivity contribution in [1.29, 1.82) is 0 Å². The van der Waals surface area contributed by atoms with Crippen molar-refractivity contribution < 1.29 is 27.5 Å². The summed E-state index contributed by atoms with van der Waals surface area (Å²) in [7, 11) is -3.78. The normalized spacial score (nSPS) is 12.2. The van der Waals surface area contributed by atoms with Crippen molar-refractivity contribution in [2.45, 2.75) is 31.3 Å². The zero-order valence-corrected chi connectivity index (χ0v) is 19.2. The average molecular weight is 471 g/mol. The molecule has 3 rings (SSSR count). The summed E-state index contributed by atoms with van der Waals surface area (Å²) in [5.41, 5.74) is 0.588. The van der Waals surface area contributed by atoms with Crippen LogP contribution >= 0.6 is 0 Å². The van der Waals surface area contributed by atoms with E-state index in [0.29, 0.717) is 18.0 Å². The molecule has 0 saturated carbocycles. The first-order valence-corrected chi connectivity index (χ1v) is 12.0. The van der Waals surface area contributed by atoms with Crippen molar-refractivity contribution in [3.63, 3.8) is 0 Å². The van der Waals surface area contributed by atoms with E-state index in [2.05, 4.69) is 10.0 Å². The monoisotopic (exact) mass is 470 g/mol. The Labute approximate surface area is 193 Å². The van der Waals surface area contributed by atoms with Gasteiger partial charge in [-0.2, -0.15) is 0 Å². The average Bonchev–Trinajstić information content (AvgIpc) is 2.79. The number of esters is 1. The van der Waals surface area contributed by atoms with E-state index in [0.717, 1.165) is 10.8 Å². The van der Waals surface area contributed by atoms with Crippen LogP contribution in [0, 0.1) is 0 Å². The van der Waals surface area contributed by atoms with Crippen LogP contribution in [0.5, 0.6) is 5.75 Å². The highest BCUT2D eigenvalue weighted by atomic mass is 32.2. The minimum atomic E-state index is -3.78. The van der Waals surface area contributed by atoms with Crippen LogP contribution in [0.2, 0.25) is 0 Å². The lowest BCUT2D eigenvalue weighted by atomic mass is 10.1. The fraction of sp³-hybridized carbons (Fsp3) is 0.250. The first-order chi connectivity index (χ1) is 15.8. The third kappa shape index (κ3) is 6.77. The van der Waals surface area contributed by atoms with Crippen LogP contribution in [-0.2, 0) is 24.3 Å². The van der Waals surface area contributed by atoms with Crippen molar-refractivity contribution in [2.24, 2.45) is 0 Å². The van der Waals surface area contributed by atoms with Gasteiger partial charge >= 0.3 is 5.97 Å². The molecule has 0 bridgehead atoms. The summed E-state index contributed by atoms with van der Waals surface area (Å²) in [5.74, 6) is -0.602. The van der Waals surface area contributed by atoms with Gasteiger partial charge in [0.05, 0.1) is 17.9 Å². The quantitative estimate of drug-likeness (QED) is 0.439. The molecule has 1 unspecified atom stereocenters. The molecule has 1 atom stereocenters. The van der Waals surface area contributed by atoms with Gasteiger partial charge in [0, 0.05) is 12.2 Å². The van der Waals surface area contributed by atoms with E-state index < -0.39 is 28.0 Å². The zero-order valence-electron chi connectivity index (χ0n) is 18.4. The summed E-state index contributed by atoms with van der Waals surface area (Å²) < 4.78 is 37.5. The number of carbonyl (C=O) groups is 2. The van der Waals surface area contributed by atoms with E-state index in [1.165, 1.54) is 19.1 Å². The highest BCUT2D eigenvalue weighted by Crippen LogP contribution is 2.19. The topological polar surface area (TPSA) is 111 Å². The molecule has 3 aromatic rings. The Morgan fingerprint density at radius 3 is 2.36 bits per heavy atom. The van der Waals surface area contributed by atoms with E-state index in [1.807, 2.05) is 43.3 Å². The lowest BCUT2D eigenvalue weighted by molar-refractivity contribution is -0.152. The predicted molar refractivity (Wildman–Crippen MR) is 126 cm³/mol. The number of sulfonamides is 1. The summed E-state index contributed by atoms with van der Waals surface area (Å²) in [6.07, 6.45) is -1.25. The molecule has 8 nitrogen and oxygen atoms in total. The van der Waals surface area contributed by atoms with Gasteiger partial charge in [0.15, 0.2) is 6.10 Å². The third-order valence-electron chi connectivity index (χ3n) is 4.76. The van der Waals surface area contributed by atoms with Crippen LogP contribution in [0.25, 0.3) is 10.8 Å². The third-order valence-corrected chi connectivity index (χ3v) is 6.24. The predicted octanol–water partition coefficient (Wildman–Crippen LogP) is 3.48. The molecule has 0 aliphatic rings. The fourth-order valence-electron chi connectivity index (χ4n) is 3.07. The number of amides is 1. The highest BCUT2D eigenvalue weighted by Gasteiger charge is 2.19. The van der Waals surface area contributed by atoms with Gasteiger partial charge in [-0.25, -0.2) is 13.1 Å². The molecule has 0 saturated heterocycles. The lowest BCUT2D eigenvalue weighted by Gasteiger charge is -2.14. The second-order valence-corrected chi connectivity index (χ2v) is 9.00. The minimum Gasteiger partial charge on any atom is -0.494 e. The van der Waals surface area contributed by atoms with Crippen LogP contribution in [0.3, 0.4) is 0 Å². The molecule has 1 amide bonds. The molecular formula is C24H26N2O6S. The molecule has 2 N–H and O–H groups in total. The molecule has 0 aromatic heterocycles. The zero-order chi connectivity index (χ0) is 23.8. The molecule has 33 heavy (non-hydrogen) atoms. The smallest absolute Gasteiger partial charge is 0.307 e. The van der Waals surface area contributed by atoms with Crippen molar-refractivity contribution >= 4 is 38.4 Å². The number of benzene rings is 3. The molecule has 0 fully saturated rings. The van der Waals surface area contributed by atoms with Crippen LogP contribution in [0.4, 0.5) is 5.69 Å². The Bertz CT molecular complexity index is 1230.